The highest BCUT2D eigenvalue weighted by Crippen LogP contribution is 2.41. The third-order valence-electron chi connectivity index (χ3n) is 6.72. The van der Waals surface area contributed by atoms with E-state index in [4.69, 9.17) is 0 Å². The van der Waals surface area contributed by atoms with E-state index >= 15 is 4.39 Å². The van der Waals surface area contributed by atoms with Crippen LogP contribution in [-0.4, -0.2) is 29.1 Å². The van der Waals surface area contributed by atoms with Crippen LogP contribution < -0.4 is 15.5 Å². The Labute approximate surface area is 199 Å². The Kier molecular flexibility index (Phi) is 5.76. The van der Waals surface area contributed by atoms with Gasteiger partial charge in [0.15, 0.2) is 5.82 Å². The quantitative estimate of drug-likeness (QED) is 0.527. The standard InChI is InChI=1S/C27H31F2N5/c1-16(2)34-15-27(3,4)12-21-22(28)10-19(11-24(21)34)25-23(29)14-31-26(33-25)32-20-6-5-18-13-30-8-7-17(18)9-20/h5-6,9-11,14,16,30H,7-8,12-13,15H2,1-4H3,(H,31,32,33). The minimum atomic E-state index is -0.575. The molecule has 0 fully saturated rings. The maximum Gasteiger partial charge on any atom is 0.227 e. The number of nitrogens with zero attached hydrogens (tertiary/aromatic N) is 3. The lowest BCUT2D eigenvalue weighted by Gasteiger charge is -2.43. The topological polar surface area (TPSA) is 53.1 Å². The Hall–Kier alpha value is -3.06. The van der Waals surface area contributed by atoms with E-state index in [0.717, 1.165) is 43.6 Å². The molecule has 1 aromatic heterocycles. The van der Waals surface area contributed by atoms with Crippen molar-refractivity contribution in [1.82, 2.24) is 15.3 Å². The molecule has 0 amide bonds. The van der Waals surface area contributed by atoms with Crippen molar-refractivity contribution in [2.75, 3.05) is 23.3 Å². The highest BCUT2D eigenvalue weighted by Gasteiger charge is 2.34. The van der Waals surface area contributed by atoms with Crippen molar-refractivity contribution in [3.63, 3.8) is 0 Å². The summed E-state index contributed by atoms with van der Waals surface area (Å²) in [6, 6.07) is 9.60. The molecule has 7 heteroatoms. The van der Waals surface area contributed by atoms with Gasteiger partial charge in [-0.15, -0.1) is 0 Å². The SMILES string of the molecule is CC(C)N1CC(C)(C)Cc2c(F)cc(-c3nc(Nc4ccc5c(c4)CCNC5)ncc3F)cc21. The van der Waals surface area contributed by atoms with Gasteiger partial charge in [-0.2, -0.15) is 0 Å². The van der Waals surface area contributed by atoms with Gasteiger partial charge in [-0.3, -0.25) is 0 Å². The van der Waals surface area contributed by atoms with Crippen molar-refractivity contribution in [3.8, 4) is 11.3 Å². The first-order chi connectivity index (χ1) is 16.2. The Morgan fingerprint density at radius 2 is 1.91 bits per heavy atom. The highest BCUT2D eigenvalue weighted by molar-refractivity contribution is 5.71. The molecule has 0 radical (unpaired) electrons. The van der Waals surface area contributed by atoms with E-state index in [9.17, 15) is 4.39 Å². The van der Waals surface area contributed by atoms with Crippen LogP contribution in [0, 0.1) is 17.0 Å². The zero-order chi connectivity index (χ0) is 24.0. The fourth-order valence-corrected chi connectivity index (χ4v) is 5.05. The molecule has 5 nitrogen and oxygen atoms in total. The zero-order valence-corrected chi connectivity index (χ0v) is 20.2. The fraction of sp³-hybridized carbons (Fsp3) is 0.407. The lowest BCUT2D eigenvalue weighted by Crippen LogP contribution is -2.44. The summed E-state index contributed by atoms with van der Waals surface area (Å²) in [5, 5.41) is 6.55. The number of fused-ring (bicyclic) bond motifs is 2. The van der Waals surface area contributed by atoms with Gasteiger partial charge in [0.25, 0.3) is 0 Å². The van der Waals surface area contributed by atoms with Crippen molar-refractivity contribution in [2.24, 2.45) is 5.41 Å². The van der Waals surface area contributed by atoms with E-state index in [2.05, 4.69) is 65.3 Å². The van der Waals surface area contributed by atoms with Gasteiger partial charge in [0.2, 0.25) is 5.95 Å². The van der Waals surface area contributed by atoms with Gasteiger partial charge >= 0.3 is 0 Å². The van der Waals surface area contributed by atoms with Crippen LogP contribution in [0.25, 0.3) is 11.3 Å². The van der Waals surface area contributed by atoms with E-state index in [-0.39, 0.29) is 28.9 Å². The highest BCUT2D eigenvalue weighted by atomic mass is 19.1. The lowest BCUT2D eigenvalue weighted by molar-refractivity contribution is 0.332. The number of benzene rings is 2. The van der Waals surface area contributed by atoms with Gasteiger partial charge in [-0.25, -0.2) is 18.7 Å². The van der Waals surface area contributed by atoms with Crippen LogP contribution in [0.5, 0.6) is 0 Å². The molecule has 3 aromatic rings. The minimum Gasteiger partial charge on any atom is -0.368 e. The van der Waals surface area contributed by atoms with Crippen LogP contribution in [0.1, 0.15) is 44.4 Å². The summed E-state index contributed by atoms with van der Waals surface area (Å²) in [6.07, 6.45) is 2.75. The van der Waals surface area contributed by atoms with Crippen LogP contribution in [0.2, 0.25) is 0 Å². The van der Waals surface area contributed by atoms with Gasteiger partial charge in [-0.05, 0) is 74.0 Å². The molecule has 2 aromatic carbocycles. The lowest BCUT2D eigenvalue weighted by atomic mass is 9.80. The van der Waals surface area contributed by atoms with Crippen LogP contribution >= 0.6 is 0 Å². The Bertz CT molecular complexity index is 1240. The van der Waals surface area contributed by atoms with Crippen LogP contribution in [-0.2, 0) is 19.4 Å². The van der Waals surface area contributed by atoms with E-state index in [1.807, 2.05) is 12.1 Å². The second kappa shape index (κ2) is 8.62. The van der Waals surface area contributed by atoms with Gasteiger partial charge in [0, 0.05) is 41.6 Å². The van der Waals surface area contributed by atoms with Crippen LogP contribution in [0.3, 0.4) is 0 Å². The Balaban J connectivity index is 1.51. The van der Waals surface area contributed by atoms with Crippen molar-refractivity contribution in [2.45, 2.75) is 53.1 Å². The molecule has 5 rings (SSSR count). The maximum absolute atomic E-state index is 15.3. The number of hydrogen-bond donors (Lipinski definition) is 2. The number of anilines is 3. The van der Waals surface area contributed by atoms with Gasteiger partial charge < -0.3 is 15.5 Å². The van der Waals surface area contributed by atoms with Gasteiger partial charge in [0.1, 0.15) is 11.5 Å². The molecule has 0 spiro atoms. The van der Waals surface area contributed by atoms with Crippen molar-refractivity contribution >= 4 is 17.3 Å². The maximum atomic E-state index is 15.3. The minimum absolute atomic E-state index is 0.0399. The number of aromatic nitrogens is 2. The van der Waals surface area contributed by atoms with Gasteiger partial charge in [-0.1, -0.05) is 19.9 Å². The monoisotopic (exact) mass is 463 g/mol. The molecule has 0 bridgehead atoms. The largest absolute Gasteiger partial charge is 0.368 e. The first kappa shape index (κ1) is 22.7. The van der Waals surface area contributed by atoms with Gasteiger partial charge in [0.05, 0.1) is 6.20 Å². The first-order valence-electron chi connectivity index (χ1n) is 11.9. The number of nitrogens with one attached hydrogen (secondary N) is 2. The summed E-state index contributed by atoms with van der Waals surface area (Å²) in [4.78, 5) is 10.8. The van der Waals surface area contributed by atoms with E-state index in [1.54, 1.807) is 0 Å². The molecule has 0 saturated carbocycles. The predicted molar refractivity (Wildman–Crippen MR) is 132 cm³/mol. The third-order valence-corrected chi connectivity index (χ3v) is 6.72. The average Bonchev–Trinajstić information content (AvgIpc) is 2.80. The van der Waals surface area contributed by atoms with E-state index in [0.29, 0.717) is 17.5 Å². The van der Waals surface area contributed by atoms with Crippen LogP contribution in [0.15, 0.2) is 36.5 Å². The smallest absolute Gasteiger partial charge is 0.227 e. The molecule has 0 atom stereocenters. The van der Waals surface area contributed by atoms with Crippen molar-refractivity contribution in [3.05, 3.63) is 64.9 Å². The molecule has 34 heavy (non-hydrogen) atoms. The molecule has 2 N–H and O–H groups in total. The van der Waals surface area contributed by atoms with Crippen LogP contribution in [0.4, 0.5) is 26.1 Å². The fourth-order valence-electron chi connectivity index (χ4n) is 5.05. The van der Waals surface area contributed by atoms with E-state index in [1.165, 1.54) is 17.2 Å². The summed E-state index contributed by atoms with van der Waals surface area (Å²) < 4.78 is 30.2. The summed E-state index contributed by atoms with van der Waals surface area (Å²) >= 11 is 0. The zero-order valence-electron chi connectivity index (χ0n) is 20.2. The summed E-state index contributed by atoms with van der Waals surface area (Å²) in [6.45, 7) is 11.1. The molecule has 0 unspecified atom stereocenters. The predicted octanol–water partition coefficient (Wildman–Crippen LogP) is 5.61. The number of halogens is 2. The average molecular weight is 464 g/mol. The summed E-state index contributed by atoms with van der Waals surface area (Å²) in [7, 11) is 0. The van der Waals surface area contributed by atoms with Crippen molar-refractivity contribution < 1.29 is 8.78 Å². The number of hydrogen-bond acceptors (Lipinski definition) is 5. The molecule has 178 valence electrons. The molecule has 0 aliphatic carbocycles. The second-order valence-corrected chi connectivity index (χ2v) is 10.4. The molecule has 0 saturated heterocycles. The first-order valence-corrected chi connectivity index (χ1v) is 11.9. The molecule has 2 aliphatic rings. The van der Waals surface area contributed by atoms with Crippen molar-refractivity contribution in [1.29, 1.82) is 0 Å². The molecule has 2 aliphatic heterocycles. The summed E-state index contributed by atoms with van der Waals surface area (Å²) in [5.41, 5.74) is 5.38. The third kappa shape index (κ3) is 4.37. The molecular weight excluding hydrogens is 432 g/mol. The molecular formula is C27H31F2N5. The Morgan fingerprint density at radius 1 is 1.09 bits per heavy atom. The number of rotatable bonds is 4. The second-order valence-electron chi connectivity index (χ2n) is 10.4. The summed E-state index contributed by atoms with van der Waals surface area (Å²) in [5.74, 6) is -0.611. The normalized spacial score (nSPS) is 16.9. The van der Waals surface area contributed by atoms with E-state index < -0.39 is 5.82 Å². The Morgan fingerprint density at radius 3 is 2.71 bits per heavy atom. The molecule has 3 heterocycles.